The van der Waals surface area contributed by atoms with Crippen LogP contribution in [-0.2, 0) is 19.7 Å². The number of carbonyl (C=O) groups is 2. The Bertz CT molecular complexity index is 905. The molecule has 1 aliphatic heterocycles. The molecule has 0 unspecified atom stereocenters. The lowest BCUT2D eigenvalue weighted by molar-refractivity contribution is -0.140. The molecule has 144 valence electrons. The van der Waals surface area contributed by atoms with E-state index < -0.39 is 5.97 Å². The zero-order chi connectivity index (χ0) is 19.8. The van der Waals surface area contributed by atoms with Crippen molar-refractivity contribution in [3.8, 4) is 0 Å². The van der Waals surface area contributed by atoms with Gasteiger partial charge < -0.3 is 14.6 Å². The van der Waals surface area contributed by atoms with Crippen LogP contribution in [0.1, 0.15) is 58.7 Å². The van der Waals surface area contributed by atoms with Gasteiger partial charge in [0, 0.05) is 35.5 Å². The van der Waals surface area contributed by atoms with Crippen molar-refractivity contribution in [2.45, 2.75) is 59.0 Å². The maximum absolute atomic E-state index is 12.9. The Balaban J connectivity index is 2.22. The average Bonchev–Trinajstić information content (AvgIpc) is 2.92. The number of nitrogens with zero attached hydrogens (tertiary/aromatic N) is 1. The van der Waals surface area contributed by atoms with Crippen LogP contribution in [0.25, 0.3) is 16.5 Å². The molecule has 0 bridgehead atoms. The molecule has 1 amide bonds. The molecule has 1 aromatic carbocycles. The Kier molecular flexibility index (Phi) is 5.13. The molecule has 2 heterocycles. The number of ether oxygens (including phenoxy) is 1. The van der Waals surface area contributed by atoms with Crippen molar-refractivity contribution in [3.05, 3.63) is 41.7 Å². The number of para-hydroxylation sites is 1. The first kappa shape index (κ1) is 19.2. The Hall–Kier alpha value is -2.56. The van der Waals surface area contributed by atoms with E-state index in [1.807, 2.05) is 39.0 Å². The van der Waals surface area contributed by atoms with E-state index in [4.69, 9.17) is 4.74 Å². The molecule has 0 saturated carbocycles. The minimum Gasteiger partial charge on any atom is -0.459 e. The molecular formula is C22H28N2O3. The van der Waals surface area contributed by atoms with Gasteiger partial charge >= 0.3 is 5.97 Å². The van der Waals surface area contributed by atoms with E-state index >= 15 is 0 Å². The predicted molar refractivity (Wildman–Crippen MR) is 107 cm³/mol. The molecular weight excluding hydrogens is 340 g/mol. The summed E-state index contributed by atoms with van der Waals surface area (Å²) < 4.78 is 5.49. The van der Waals surface area contributed by atoms with Crippen molar-refractivity contribution in [1.29, 1.82) is 0 Å². The molecule has 3 rings (SSSR count). The molecule has 0 aliphatic carbocycles. The highest BCUT2D eigenvalue weighted by Gasteiger charge is 2.37. The number of hydrogen-bond donors (Lipinski definition) is 1. The third-order valence-electron chi connectivity index (χ3n) is 4.85. The lowest BCUT2D eigenvalue weighted by atomic mass is 9.82. The normalized spacial score (nSPS) is 16.1. The molecule has 27 heavy (non-hydrogen) atoms. The smallest absolute Gasteiger partial charge is 0.342 e. The Morgan fingerprint density at radius 2 is 1.96 bits per heavy atom. The SMILES string of the molecule is CCCC(=O)N1C=C(C(=O)OC(C)C)c2[nH]c3ccccc3c2C(C)(C)C1. The summed E-state index contributed by atoms with van der Waals surface area (Å²) >= 11 is 0. The van der Waals surface area contributed by atoms with Gasteiger partial charge in [-0.05, 0) is 31.9 Å². The summed E-state index contributed by atoms with van der Waals surface area (Å²) in [4.78, 5) is 30.7. The van der Waals surface area contributed by atoms with Gasteiger partial charge in [0.05, 0.1) is 17.4 Å². The highest BCUT2D eigenvalue weighted by atomic mass is 16.5. The predicted octanol–water partition coefficient (Wildman–Crippen LogP) is 4.38. The van der Waals surface area contributed by atoms with Crippen molar-refractivity contribution >= 4 is 28.4 Å². The van der Waals surface area contributed by atoms with Crippen LogP contribution in [-0.4, -0.2) is 34.4 Å². The number of fused-ring (bicyclic) bond motifs is 3. The fourth-order valence-electron chi connectivity index (χ4n) is 3.77. The van der Waals surface area contributed by atoms with E-state index in [2.05, 4.69) is 24.9 Å². The second-order valence-electron chi connectivity index (χ2n) is 8.07. The molecule has 5 nitrogen and oxygen atoms in total. The van der Waals surface area contributed by atoms with Crippen LogP contribution in [0.2, 0.25) is 0 Å². The minimum atomic E-state index is -0.412. The van der Waals surface area contributed by atoms with Crippen molar-refractivity contribution in [3.63, 3.8) is 0 Å². The highest BCUT2D eigenvalue weighted by molar-refractivity contribution is 6.18. The summed E-state index contributed by atoms with van der Waals surface area (Å²) in [5.74, 6) is -0.389. The van der Waals surface area contributed by atoms with E-state index in [0.29, 0.717) is 18.5 Å². The standard InChI is InChI=1S/C22H28N2O3/c1-6-9-18(25)24-12-16(21(26)27-14(2)3)20-19(22(4,5)13-24)15-10-7-8-11-17(15)23-20/h7-8,10-12,14,23H,6,9,13H2,1-5H3. The number of aromatic nitrogens is 1. The summed E-state index contributed by atoms with van der Waals surface area (Å²) in [7, 11) is 0. The molecule has 0 spiro atoms. The van der Waals surface area contributed by atoms with Crippen LogP contribution in [0.5, 0.6) is 0 Å². The highest BCUT2D eigenvalue weighted by Crippen LogP contribution is 2.40. The van der Waals surface area contributed by atoms with Gasteiger partial charge in [0.15, 0.2) is 0 Å². The number of hydrogen-bond acceptors (Lipinski definition) is 3. The van der Waals surface area contributed by atoms with E-state index in [0.717, 1.165) is 28.6 Å². The first-order valence-corrected chi connectivity index (χ1v) is 9.58. The number of amides is 1. The van der Waals surface area contributed by atoms with Gasteiger partial charge in [0.2, 0.25) is 5.91 Å². The van der Waals surface area contributed by atoms with E-state index in [1.165, 1.54) is 0 Å². The largest absolute Gasteiger partial charge is 0.459 e. The van der Waals surface area contributed by atoms with Gasteiger partial charge in [-0.3, -0.25) is 4.79 Å². The first-order valence-electron chi connectivity index (χ1n) is 9.58. The van der Waals surface area contributed by atoms with Gasteiger partial charge in [0.25, 0.3) is 0 Å². The molecule has 0 atom stereocenters. The Labute approximate surface area is 160 Å². The van der Waals surface area contributed by atoms with Crippen LogP contribution >= 0.6 is 0 Å². The molecule has 2 aromatic rings. The number of carbonyl (C=O) groups excluding carboxylic acids is 2. The molecule has 0 saturated heterocycles. The fourth-order valence-corrected chi connectivity index (χ4v) is 3.77. The fraction of sp³-hybridized carbons (Fsp3) is 0.455. The van der Waals surface area contributed by atoms with Gasteiger partial charge in [-0.1, -0.05) is 39.0 Å². The topological polar surface area (TPSA) is 62.4 Å². The van der Waals surface area contributed by atoms with Crippen LogP contribution in [0.3, 0.4) is 0 Å². The molecule has 1 N–H and O–H groups in total. The van der Waals surface area contributed by atoms with Crippen molar-refractivity contribution in [2.24, 2.45) is 0 Å². The van der Waals surface area contributed by atoms with Gasteiger partial charge in [-0.2, -0.15) is 0 Å². The van der Waals surface area contributed by atoms with Gasteiger partial charge in [0.1, 0.15) is 0 Å². The maximum Gasteiger partial charge on any atom is 0.342 e. The van der Waals surface area contributed by atoms with Gasteiger partial charge in [-0.15, -0.1) is 0 Å². The average molecular weight is 368 g/mol. The third-order valence-corrected chi connectivity index (χ3v) is 4.85. The molecule has 1 aromatic heterocycles. The van der Waals surface area contributed by atoms with Crippen LogP contribution in [0, 0.1) is 0 Å². The van der Waals surface area contributed by atoms with Crippen molar-refractivity contribution in [1.82, 2.24) is 9.88 Å². The van der Waals surface area contributed by atoms with E-state index in [1.54, 1.807) is 11.1 Å². The quantitative estimate of drug-likeness (QED) is 0.815. The van der Waals surface area contributed by atoms with E-state index in [-0.39, 0.29) is 17.4 Å². The van der Waals surface area contributed by atoms with Crippen LogP contribution in [0.15, 0.2) is 30.5 Å². The number of nitrogens with one attached hydrogen (secondary N) is 1. The zero-order valence-corrected chi connectivity index (χ0v) is 16.8. The number of benzene rings is 1. The Morgan fingerprint density at radius 3 is 2.63 bits per heavy atom. The van der Waals surface area contributed by atoms with Crippen LogP contribution in [0.4, 0.5) is 0 Å². The maximum atomic E-state index is 12.9. The number of rotatable bonds is 4. The molecule has 0 radical (unpaired) electrons. The summed E-state index contributed by atoms with van der Waals surface area (Å²) in [6, 6.07) is 8.03. The summed E-state index contributed by atoms with van der Waals surface area (Å²) in [5.41, 5.74) is 2.86. The second-order valence-corrected chi connectivity index (χ2v) is 8.07. The third kappa shape index (κ3) is 3.64. The zero-order valence-electron chi connectivity index (χ0n) is 16.8. The summed E-state index contributed by atoms with van der Waals surface area (Å²) in [6.45, 7) is 10.4. The molecule has 0 fully saturated rings. The van der Waals surface area contributed by atoms with Gasteiger partial charge in [-0.25, -0.2) is 4.79 Å². The van der Waals surface area contributed by atoms with E-state index in [9.17, 15) is 9.59 Å². The van der Waals surface area contributed by atoms with Crippen molar-refractivity contribution in [2.75, 3.05) is 6.54 Å². The minimum absolute atomic E-state index is 0.0230. The number of aromatic amines is 1. The first-order chi connectivity index (χ1) is 12.7. The molecule has 5 heteroatoms. The monoisotopic (exact) mass is 368 g/mol. The second kappa shape index (κ2) is 7.22. The lowest BCUT2D eigenvalue weighted by Crippen LogP contribution is -2.36. The lowest BCUT2D eigenvalue weighted by Gasteiger charge is -2.29. The Morgan fingerprint density at radius 1 is 1.26 bits per heavy atom. The summed E-state index contributed by atoms with van der Waals surface area (Å²) in [5, 5.41) is 1.07. The van der Waals surface area contributed by atoms with Crippen molar-refractivity contribution < 1.29 is 14.3 Å². The molecule has 1 aliphatic rings. The number of esters is 1. The number of H-pyrrole nitrogens is 1. The summed E-state index contributed by atoms with van der Waals surface area (Å²) in [6.07, 6.45) is 2.66. The van der Waals surface area contributed by atoms with Crippen LogP contribution < -0.4 is 0 Å².